The third-order valence-electron chi connectivity index (χ3n) is 2.47. The normalized spacial score (nSPS) is 10.8. The minimum Gasteiger partial charge on any atom is -0.267 e. The van der Waals surface area contributed by atoms with E-state index >= 15 is 0 Å². The molecule has 0 saturated carbocycles. The second kappa shape index (κ2) is 6.88. The Labute approximate surface area is 134 Å². The second-order valence-electron chi connectivity index (χ2n) is 3.84. The Morgan fingerprint density at radius 2 is 1.70 bits per heavy atom. The first-order valence-corrected chi connectivity index (χ1v) is 7.16. The van der Waals surface area contributed by atoms with Crippen LogP contribution in [0, 0.1) is 0 Å². The third-order valence-corrected chi connectivity index (χ3v) is 3.65. The maximum Gasteiger partial charge on any atom is 0.271 e. The summed E-state index contributed by atoms with van der Waals surface area (Å²) in [7, 11) is 0. The molecule has 0 radical (unpaired) electrons. The Hall–Kier alpha value is -1.36. The van der Waals surface area contributed by atoms with Crippen LogP contribution in [0.1, 0.15) is 15.9 Å². The van der Waals surface area contributed by atoms with Crippen LogP contribution < -0.4 is 5.43 Å². The quantitative estimate of drug-likeness (QED) is 0.625. The Bertz CT molecular complexity index is 636. The molecule has 0 aliphatic heterocycles. The minimum absolute atomic E-state index is 0.308. The minimum atomic E-state index is -0.308. The molecule has 2 rings (SSSR count). The van der Waals surface area contributed by atoms with Gasteiger partial charge < -0.3 is 0 Å². The van der Waals surface area contributed by atoms with Crippen molar-refractivity contribution in [1.82, 2.24) is 5.43 Å². The number of amides is 1. The number of nitrogens with zero attached hydrogens (tertiary/aromatic N) is 1. The molecule has 0 spiro atoms. The Morgan fingerprint density at radius 1 is 1.10 bits per heavy atom. The zero-order valence-electron chi connectivity index (χ0n) is 10.1. The highest BCUT2D eigenvalue weighted by Gasteiger charge is 2.04. The van der Waals surface area contributed by atoms with Crippen molar-refractivity contribution in [2.45, 2.75) is 0 Å². The van der Waals surface area contributed by atoms with Gasteiger partial charge in [-0.05, 0) is 36.4 Å². The number of rotatable bonds is 3. The van der Waals surface area contributed by atoms with Gasteiger partial charge in [-0.1, -0.05) is 45.2 Å². The van der Waals surface area contributed by atoms with E-state index in [0.29, 0.717) is 21.2 Å². The number of halogens is 3. The maximum absolute atomic E-state index is 11.8. The van der Waals surface area contributed by atoms with E-state index in [4.69, 9.17) is 23.2 Å². The van der Waals surface area contributed by atoms with Crippen molar-refractivity contribution in [1.29, 1.82) is 0 Å². The molecule has 6 heteroatoms. The van der Waals surface area contributed by atoms with Crippen molar-refractivity contribution in [3.8, 4) is 0 Å². The molecule has 3 nitrogen and oxygen atoms in total. The fourth-order valence-electron chi connectivity index (χ4n) is 1.46. The molecule has 2 aromatic rings. The summed E-state index contributed by atoms with van der Waals surface area (Å²) in [5, 5.41) is 4.80. The molecule has 0 aromatic heterocycles. The van der Waals surface area contributed by atoms with Gasteiger partial charge in [-0.15, -0.1) is 0 Å². The van der Waals surface area contributed by atoms with Crippen LogP contribution in [0.25, 0.3) is 0 Å². The molecular formula is C14H9BrCl2N2O. The van der Waals surface area contributed by atoms with Crippen LogP contribution in [-0.2, 0) is 0 Å². The predicted molar refractivity (Wildman–Crippen MR) is 85.7 cm³/mol. The van der Waals surface area contributed by atoms with E-state index in [-0.39, 0.29) is 5.91 Å². The summed E-state index contributed by atoms with van der Waals surface area (Å²) in [6.45, 7) is 0. The van der Waals surface area contributed by atoms with Crippen molar-refractivity contribution in [2.75, 3.05) is 0 Å². The summed E-state index contributed by atoms with van der Waals surface area (Å²) in [5.41, 5.74) is 3.49. The van der Waals surface area contributed by atoms with Gasteiger partial charge in [0.05, 0.1) is 16.3 Å². The van der Waals surface area contributed by atoms with Gasteiger partial charge in [-0.3, -0.25) is 4.79 Å². The molecule has 0 aliphatic carbocycles. The Balaban J connectivity index is 2.06. The lowest BCUT2D eigenvalue weighted by molar-refractivity contribution is 0.0955. The molecule has 102 valence electrons. The monoisotopic (exact) mass is 370 g/mol. The van der Waals surface area contributed by atoms with E-state index in [9.17, 15) is 4.79 Å². The molecule has 0 unspecified atom stereocenters. The van der Waals surface area contributed by atoms with Crippen LogP contribution >= 0.6 is 39.1 Å². The molecule has 0 saturated heterocycles. The number of hydrazone groups is 1. The summed E-state index contributed by atoms with van der Waals surface area (Å²) >= 11 is 15.3. The van der Waals surface area contributed by atoms with Crippen molar-refractivity contribution in [3.63, 3.8) is 0 Å². The predicted octanol–water partition coefficient (Wildman–Crippen LogP) is 4.52. The SMILES string of the molecule is O=C(NN=Cc1c(Cl)cccc1Cl)c1ccc(Br)cc1. The fraction of sp³-hybridized carbons (Fsp3) is 0. The lowest BCUT2D eigenvalue weighted by Crippen LogP contribution is -2.17. The summed E-state index contributed by atoms with van der Waals surface area (Å²) in [6, 6.07) is 12.1. The van der Waals surface area contributed by atoms with Gasteiger partial charge in [0.2, 0.25) is 0 Å². The van der Waals surface area contributed by atoms with Crippen molar-refractivity contribution in [2.24, 2.45) is 5.10 Å². The average Bonchev–Trinajstić information content (AvgIpc) is 2.42. The number of hydrogen-bond acceptors (Lipinski definition) is 2. The zero-order valence-corrected chi connectivity index (χ0v) is 13.2. The number of carbonyl (C=O) groups excluding carboxylic acids is 1. The first-order valence-electron chi connectivity index (χ1n) is 5.61. The number of nitrogens with one attached hydrogen (secondary N) is 1. The van der Waals surface area contributed by atoms with Gasteiger partial charge in [0.15, 0.2) is 0 Å². The standard InChI is InChI=1S/C14H9BrCl2N2O/c15-10-6-4-9(5-7-10)14(20)19-18-8-11-12(16)2-1-3-13(11)17/h1-8H,(H,19,20). The van der Waals surface area contributed by atoms with E-state index in [0.717, 1.165) is 4.47 Å². The van der Waals surface area contributed by atoms with Crippen LogP contribution in [0.3, 0.4) is 0 Å². The first kappa shape index (κ1) is 15.0. The van der Waals surface area contributed by atoms with Crippen LogP contribution in [0.2, 0.25) is 10.0 Å². The molecule has 0 aliphatic rings. The molecular weight excluding hydrogens is 363 g/mol. The van der Waals surface area contributed by atoms with Crippen LogP contribution in [0.4, 0.5) is 0 Å². The third kappa shape index (κ3) is 3.82. The highest BCUT2D eigenvalue weighted by molar-refractivity contribution is 9.10. The van der Waals surface area contributed by atoms with Crippen molar-refractivity contribution >= 4 is 51.3 Å². The van der Waals surface area contributed by atoms with E-state index in [1.165, 1.54) is 6.21 Å². The van der Waals surface area contributed by atoms with E-state index in [1.807, 2.05) is 0 Å². The largest absolute Gasteiger partial charge is 0.271 e. The van der Waals surface area contributed by atoms with E-state index in [1.54, 1.807) is 42.5 Å². The molecule has 1 N–H and O–H groups in total. The average molecular weight is 372 g/mol. The van der Waals surface area contributed by atoms with Gasteiger partial charge >= 0.3 is 0 Å². The molecule has 0 heterocycles. The molecule has 0 bridgehead atoms. The van der Waals surface area contributed by atoms with Gasteiger partial charge in [0.1, 0.15) is 0 Å². The van der Waals surface area contributed by atoms with Gasteiger partial charge in [0, 0.05) is 15.6 Å². The van der Waals surface area contributed by atoms with Gasteiger partial charge in [-0.2, -0.15) is 5.10 Å². The summed E-state index contributed by atoms with van der Waals surface area (Å²) in [5.74, 6) is -0.308. The second-order valence-corrected chi connectivity index (χ2v) is 5.57. The summed E-state index contributed by atoms with van der Waals surface area (Å²) in [4.78, 5) is 11.8. The lowest BCUT2D eigenvalue weighted by Gasteiger charge is -2.02. The number of hydrogen-bond donors (Lipinski definition) is 1. The Morgan fingerprint density at radius 3 is 2.30 bits per heavy atom. The highest BCUT2D eigenvalue weighted by Crippen LogP contribution is 2.22. The molecule has 0 fully saturated rings. The zero-order chi connectivity index (χ0) is 14.5. The summed E-state index contributed by atoms with van der Waals surface area (Å²) < 4.78 is 0.903. The van der Waals surface area contributed by atoms with E-state index < -0.39 is 0 Å². The topological polar surface area (TPSA) is 41.5 Å². The number of benzene rings is 2. The van der Waals surface area contributed by atoms with Crippen molar-refractivity contribution in [3.05, 3.63) is 68.1 Å². The van der Waals surface area contributed by atoms with Crippen LogP contribution in [0.15, 0.2) is 52.0 Å². The van der Waals surface area contributed by atoms with Crippen LogP contribution in [-0.4, -0.2) is 12.1 Å². The highest BCUT2D eigenvalue weighted by atomic mass is 79.9. The fourth-order valence-corrected chi connectivity index (χ4v) is 2.21. The number of carbonyl (C=O) groups is 1. The molecule has 1 amide bonds. The van der Waals surface area contributed by atoms with E-state index in [2.05, 4.69) is 26.5 Å². The van der Waals surface area contributed by atoms with Crippen molar-refractivity contribution < 1.29 is 4.79 Å². The lowest BCUT2D eigenvalue weighted by atomic mass is 10.2. The molecule has 20 heavy (non-hydrogen) atoms. The smallest absolute Gasteiger partial charge is 0.267 e. The van der Waals surface area contributed by atoms with Gasteiger partial charge in [0.25, 0.3) is 5.91 Å². The Kier molecular flexibility index (Phi) is 5.17. The first-order chi connectivity index (χ1) is 9.58. The van der Waals surface area contributed by atoms with Crippen LogP contribution in [0.5, 0.6) is 0 Å². The summed E-state index contributed by atoms with van der Waals surface area (Å²) in [6.07, 6.45) is 1.42. The molecule has 2 aromatic carbocycles. The molecule has 0 atom stereocenters. The maximum atomic E-state index is 11.8. The van der Waals surface area contributed by atoms with Gasteiger partial charge in [-0.25, -0.2) is 5.43 Å².